The first-order valence-corrected chi connectivity index (χ1v) is 8.92. The molecule has 0 fully saturated rings. The summed E-state index contributed by atoms with van der Waals surface area (Å²) in [7, 11) is 0. The molecule has 2 heterocycles. The number of pyridine rings is 1. The number of benzene rings is 2. The van der Waals surface area contributed by atoms with Gasteiger partial charge in [0, 0.05) is 27.9 Å². The molecule has 0 atom stereocenters. The van der Waals surface area contributed by atoms with Crippen LogP contribution in [0.2, 0.25) is 0 Å². The second kappa shape index (κ2) is 6.80. The highest BCUT2D eigenvalue weighted by Crippen LogP contribution is 2.42. The molecular weight excluding hydrogens is 396 g/mol. The van der Waals surface area contributed by atoms with E-state index in [9.17, 15) is 9.59 Å². The number of nitrogens with zero attached hydrogens (tertiary/aromatic N) is 1. The van der Waals surface area contributed by atoms with Crippen LogP contribution in [-0.4, -0.2) is 10.5 Å². The third-order valence-electron chi connectivity index (χ3n) is 4.25. The number of ether oxygens (including phenoxy) is 1. The molecule has 5 nitrogen and oxygen atoms in total. The molecule has 1 aliphatic heterocycles. The van der Waals surface area contributed by atoms with E-state index in [2.05, 4.69) is 21.2 Å². The first-order valence-electron chi connectivity index (χ1n) is 8.13. The number of para-hydroxylation sites is 2. The van der Waals surface area contributed by atoms with E-state index in [0.717, 1.165) is 27.1 Å². The van der Waals surface area contributed by atoms with Crippen LogP contribution in [0.25, 0.3) is 0 Å². The zero-order valence-electron chi connectivity index (χ0n) is 13.7. The quantitative estimate of drug-likeness (QED) is 0.716. The number of hydrogen-bond donors (Lipinski definition) is 1. The van der Waals surface area contributed by atoms with Crippen LogP contribution in [-0.2, 0) is 11.3 Å². The molecule has 26 heavy (non-hydrogen) atoms. The Labute approximate surface area is 158 Å². The van der Waals surface area contributed by atoms with Crippen LogP contribution in [0.5, 0.6) is 11.5 Å². The van der Waals surface area contributed by atoms with Crippen molar-refractivity contribution in [1.29, 1.82) is 0 Å². The maximum Gasteiger partial charge on any atom is 0.251 e. The van der Waals surface area contributed by atoms with E-state index in [1.165, 1.54) is 10.6 Å². The smallest absolute Gasteiger partial charge is 0.251 e. The minimum atomic E-state index is -0.327. The first-order chi connectivity index (χ1) is 12.6. The fourth-order valence-electron chi connectivity index (χ4n) is 3.05. The summed E-state index contributed by atoms with van der Waals surface area (Å²) < 4.78 is 8.04. The van der Waals surface area contributed by atoms with Crippen molar-refractivity contribution in [1.82, 2.24) is 9.88 Å². The number of hydrogen-bond acceptors (Lipinski definition) is 3. The molecule has 0 bridgehead atoms. The van der Waals surface area contributed by atoms with Crippen molar-refractivity contribution in [3.05, 3.63) is 92.8 Å². The first kappa shape index (κ1) is 16.6. The third kappa shape index (κ3) is 3.15. The molecule has 4 rings (SSSR count). The van der Waals surface area contributed by atoms with E-state index in [1.54, 1.807) is 12.3 Å². The van der Waals surface area contributed by atoms with Crippen molar-refractivity contribution in [2.75, 3.05) is 0 Å². The van der Waals surface area contributed by atoms with Crippen LogP contribution in [0, 0.1) is 0 Å². The predicted octanol–water partition coefficient (Wildman–Crippen LogP) is 3.62. The number of nitrogens with one attached hydrogen (secondary N) is 1. The zero-order valence-corrected chi connectivity index (χ0v) is 15.3. The van der Waals surface area contributed by atoms with Crippen molar-refractivity contribution < 1.29 is 9.53 Å². The summed E-state index contributed by atoms with van der Waals surface area (Å²) in [5.41, 5.74) is 1.55. The van der Waals surface area contributed by atoms with Gasteiger partial charge in [0.2, 0.25) is 5.91 Å². The highest BCUT2D eigenvalue weighted by molar-refractivity contribution is 9.10. The molecule has 0 unspecified atom stereocenters. The summed E-state index contributed by atoms with van der Waals surface area (Å²) in [6.07, 6.45) is 1.60. The van der Waals surface area contributed by atoms with Crippen LogP contribution < -0.4 is 15.6 Å². The number of halogens is 1. The average Bonchev–Trinajstić information content (AvgIpc) is 2.64. The monoisotopic (exact) mass is 410 g/mol. The third-order valence-corrected chi connectivity index (χ3v) is 4.72. The Morgan fingerprint density at radius 1 is 1.00 bits per heavy atom. The van der Waals surface area contributed by atoms with Gasteiger partial charge in [0.05, 0.1) is 6.04 Å². The lowest BCUT2D eigenvalue weighted by Gasteiger charge is -2.28. The van der Waals surface area contributed by atoms with Crippen LogP contribution in [0.3, 0.4) is 0 Å². The van der Waals surface area contributed by atoms with Gasteiger partial charge in [-0.3, -0.25) is 9.59 Å². The van der Waals surface area contributed by atoms with Gasteiger partial charge >= 0.3 is 0 Å². The summed E-state index contributed by atoms with van der Waals surface area (Å²) in [6, 6.07) is 18.0. The van der Waals surface area contributed by atoms with Crippen LogP contribution >= 0.6 is 15.9 Å². The van der Waals surface area contributed by atoms with Gasteiger partial charge in [0.25, 0.3) is 5.56 Å². The number of carbonyl (C=O) groups is 1. The molecule has 0 saturated heterocycles. The topological polar surface area (TPSA) is 60.3 Å². The Kier molecular flexibility index (Phi) is 4.34. The molecule has 3 aromatic rings. The minimum absolute atomic E-state index is 0.0556. The second-order valence-electron chi connectivity index (χ2n) is 5.99. The van der Waals surface area contributed by atoms with Gasteiger partial charge in [-0.25, -0.2) is 0 Å². The van der Waals surface area contributed by atoms with Gasteiger partial charge in [0.1, 0.15) is 18.0 Å². The molecule has 0 saturated carbocycles. The van der Waals surface area contributed by atoms with Crippen molar-refractivity contribution in [2.45, 2.75) is 12.6 Å². The molecule has 2 aromatic carbocycles. The molecular formula is C20H15BrN2O3. The zero-order chi connectivity index (χ0) is 18.1. The molecule has 1 amide bonds. The van der Waals surface area contributed by atoms with E-state index in [-0.39, 0.29) is 24.1 Å². The lowest BCUT2D eigenvalue weighted by Crippen LogP contribution is -2.35. The molecule has 1 aliphatic rings. The SMILES string of the molecule is O=C(Cn1cc(Br)ccc1=O)NC1c2ccccc2Oc2ccccc21. The van der Waals surface area contributed by atoms with E-state index >= 15 is 0 Å². The maximum absolute atomic E-state index is 12.6. The predicted molar refractivity (Wildman–Crippen MR) is 101 cm³/mol. The normalized spacial score (nSPS) is 12.7. The summed E-state index contributed by atoms with van der Waals surface area (Å²) in [5, 5.41) is 3.03. The lowest BCUT2D eigenvalue weighted by molar-refractivity contribution is -0.122. The molecule has 1 aromatic heterocycles. The summed E-state index contributed by atoms with van der Waals surface area (Å²) >= 11 is 3.32. The van der Waals surface area contributed by atoms with E-state index < -0.39 is 0 Å². The van der Waals surface area contributed by atoms with E-state index in [1.807, 2.05) is 48.5 Å². The Bertz CT molecular complexity index is 999. The maximum atomic E-state index is 12.6. The van der Waals surface area contributed by atoms with Gasteiger partial charge < -0.3 is 14.6 Å². The molecule has 6 heteroatoms. The van der Waals surface area contributed by atoms with Gasteiger partial charge in [-0.2, -0.15) is 0 Å². The fraction of sp³-hybridized carbons (Fsp3) is 0.100. The van der Waals surface area contributed by atoms with Gasteiger partial charge in [-0.15, -0.1) is 0 Å². The van der Waals surface area contributed by atoms with E-state index in [4.69, 9.17) is 4.74 Å². The summed E-state index contributed by atoms with van der Waals surface area (Å²) in [6.45, 7) is -0.0556. The van der Waals surface area contributed by atoms with Crippen LogP contribution in [0.4, 0.5) is 0 Å². The second-order valence-corrected chi connectivity index (χ2v) is 6.91. The standard InChI is InChI=1S/C20H15BrN2O3/c21-13-9-10-19(25)23(11-13)12-18(24)22-20-14-5-1-3-7-16(14)26-17-8-4-2-6-15(17)20/h1-11,20H,12H2,(H,22,24). The van der Waals surface area contributed by atoms with Gasteiger partial charge in [0.15, 0.2) is 0 Å². The van der Waals surface area contributed by atoms with Gasteiger partial charge in [-0.1, -0.05) is 36.4 Å². The van der Waals surface area contributed by atoms with Crippen LogP contribution in [0.1, 0.15) is 17.2 Å². The number of rotatable bonds is 3. The highest BCUT2D eigenvalue weighted by atomic mass is 79.9. The van der Waals surface area contributed by atoms with Crippen molar-refractivity contribution >= 4 is 21.8 Å². The Hall–Kier alpha value is -2.86. The van der Waals surface area contributed by atoms with Crippen molar-refractivity contribution in [3.63, 3.8) is 0 Å². The summed E-state index contributed by atoms with van der Waals surface area (Å²) in [5.74, 6) is 1.19. The molecule has 0 radical (unpaired) electrons. The lowest BCUT2D eigenvalue weighted by atomic mass is 9.94. The number of fused-ring (bicyclic) bond motifs is 2. The van der Waals surface area contributed by atoms with Crippen molar-refractivity contribution in [2.24, 2.45) is 0 Å². The highest BCUT2D eigenvalue weighted by Gasteiger charge is 2.28. The van der Waals surface area contributed by atoms with Gasteiger partial charge in [-0.05, 0) is 34.1 Å². The minimum Gasteiger partial charge on any atom is -0.457 e. The molecule has 130 valence electrons. The number of aromatic nitrogens is 1. The summed E-state index contributed by atoms with van der Waals surface area (Å²) in [4.78, 5) is 24.6. The molecule has 0 spiro atoms. The molecule has 0 aliphatic carbocycles. The number of carbonyl (C=O) groups excluding carboxylic acids is 1. The number of amides is 1. The fourth-order valence-corrected chi connectivity index (χ4v) is 3.43. The van der Waals surface area contributed by atoms with E-state index in [0.29, 0.717) is 0 Å². The Balaban J connectivity index is 1.64. The Morgan fingerprint density at radius 2 is 1.62 bits per heavy atom. The van der Waals surface area contributed by atoms with Crippen molar-refractivity contribution in [3.8, 4) is 11.5 Å². The average molecular weight is 411 g/mol. The van der Waals surface area contributed by atoms with Crippen LogP contribution in [0.15, 0.2) is 76.1 Å². The Morgan fingerprint density at radius 3 is 2.27 bits per heavy atom. The largest absolute Gasteiger partial charge is 0.457 e. The molecule has 1 N–H and O–H groups in total.